The second-order valence-corrected chi connectivity index (χ2v) is 4.01. The first-order valence-corrected chi connectivity index (χ1v) is 5.65. The Balaban J connectivity index is 2.60. The van der Waals surface area contributed by atoms with Gasteiger partial charge in [0, 0.05) is 6.54 Å². The third-order valence-corrected chi connectivity index (χ3v) is 2.69. The lowest BCUT2D eigenvalue weighted by Crippen LogP contribution is -2.01. The lowest BCUT2D eigenvalue weighted by Gasteiger charge is -2.06. The van der Waals surface area contributed by atoms with Crippen molar-refractivity contribution in [2.24, 2.45) is 0 Å². The van der Waals surface area contributed by atoms with Crippen molar-refractivity contribution < 1.29 is 8.78 Å². The summed E-state index contributed by atoms with van der Waals surface area (Å²) in [6, 6.07) is 3.27. The second-order valence-electron chi connectivity index (χ2n) is 3.63. The van der Waals surface area contributed by atoms with Crippen molar-refractivity contribution >= 4 is 12.2 Å². The third kappa shape index (κ3) is 2.26. The van der Waals surface area contributed by atoms with E-state index in [-0.39, 0.29) is 5.56 Å². The highest BCUT2D eigenvalue weighted by Crippen LogP contribution is 2.22. The normalized spacial score (nSPS) is 10.8. The van der Waals surface area contributed by atoms with E-state index >= 15 is 0 Å². The van der Waals surface area contributed by atoms with Gasteiger partial charge in [0.2, 0.25) is 0 Å². The van der Waals surface area contributed by atoms with E-state index in [4.69, 9.17) is 12.2 Å². The maximum Gasteiger partial charge on any atom is 0.195 e. The predicted octanol–water partition coefficient (Wildman–Crippen LogP) is 3.30. The van der Waals surface area contributed by atoms with Crippen LogP contribution in [0.1, 0.15) is 13.3 Å². The van der Waals surface area contributed by atoms with Crippen LogP contribution in [0.3, 0.4) is 0 Å². The van der Waals surface area contributed by atoms with Crippen LogP contribution in [0.15, 0.2) is 18.2 Å². The Morgan fingerprint density at radius 3 is 2.88 bits per heavy atom. The molecular weight excluding hydrogens is 244 g/mol. The fourth-order valence-electron chi connectivity index (χ4n) is 1.62. The summed E-state index contributed by atoms with van der Waals surface area (Å²) in [6.45, 7) is 2.58. The van der Waals surface area contributed by atoms with Gasteiger partial charge in [-0.15, -0.1) is 0 Å². The number of H-pyrrole nitrogens is 1. The third-order valence-electron chi connectivity index (χ3n) is 2.37. The molecule has 3 nitrogen and oxygen atoms in total. The van der Waals surface area contributed by atoms with E-state index in [1.165, 1.54) is 0 Å². The topological polar surface area (TPSA) is 33.6 Å². The van der Waals surface area contributed by atoms with Crippen molar-refractivity contribution in [2.45, 2.75) is 19.9 Å². The van der Waals surface area contributed by atoms with E-state index in [0.717, 1.165) is 24.6 Å². The number of halogens is 2. The van der Waals surface area contributed by atoms with Crippen molar-refractivity contribution in [1.82, 2.24) is 14.8 Å². The first-order chi connectivity index (χ1) is 8.13. The minimum Gasteiger partial charge on any atom is -0.300 e. The van der Waals surface area contributed by atoms with Gasteiger partial charge in [-0.2, -0.15) is 5.10 Å². The summed E-state index contributed by atoms with van der Waals surface area (Å²) in [6.07, 6.45) is 0.831. The van der Waals surface area contributed by atoms with Gasteiger partial charge in [-0.25, -0.2) is 8.78 Å². The van der Waals surface area contributed by atoms with E-state index in [2.05, 4.69) is 10.2 Å². The molecule has 0 aliphatic heterocycles. The van der Waals surface area contributed by atoms with Crippen molar-refractivity contribution in [1.29, 1.82) is 0 Å². The zero-order valence-corrected chi connectivity index (χ0v) is 10.0. The molecule has 0 saturated carbocycles. The molecule has 0 aliphatic rings. The van der Waals surface area contributed by atoms with Crippen molar-refractivity contribution in [3.05, 3.63) is 34.6 Å². The monoisotopic (exact) mass is 255 g/mol. The average molecular weight is 255 g/mol. The standard InChI is InChI=1S/C11H11F2N3S/c1-2-5-16-10(14-15-11(16)17)8-6-7(12)3-4-9(8)13/h3-4,6H,2,5H2,1H3,(H,15,17). The molecule has 0 bridgehead atoms. The molecule has 0 saturated heterocycles. The smallest absolute Gasteiger partial charge is 0.195 e. The number of hydrogen-bond acceptors (Lipinski definition) is 2. The molecule has 0 radical (unpaired) electrons. The van der Waals surface area contributed by atoms with E-state index in [0.29, 0.717) is 17.1 Å². The zero-order valence-electron chi connectivity index (χ0n) is 9.20. The number of nitrogens with zero attached hydrogens (tertiary/aromatic N) is 2. The number of aromatic amines is 1. The van der Waals surface area contributed by atoms with Crippen LogP contribution >= 0.6 is 12.2 Å². The first-order valence-electron chi connectivity index (χ1n) is 5.24. The maximum atomic E-state index is 13.6. The Kier molecular flexibility index (Phi) is 3.33. The molecule has 0 atom stereocenters. The van der Waals surface area contributed by atoms with Gasteiger partial charge < -0.3 is 4.57 Å². The lowest BCUT2D eigenvalue weighted by molar-refractivity contribution is 0.598. The summed E-state index contributed by atoms with van der Waals surface area (Å²) < 4.78 is 28.8. The number of benzene rings is 1. The molecule has 0 amide bonds. The minimum absolute atomic E-state index is 0.116. The Bertz CT molecular complexity index is 589. The minimum atomic E-state index is -0.516. The van der Waals surface area contributed by atoms with Crippen molar-refractivity contribution in [2.75, 3.05) is 0 Å². The Morgan fingerprint density at radius 1 is 1.41 bits per heavy atom. The molecular formula is C11H11F2N3S. The SMILES string of the molecule is CCCn1c(-c2cc(F)ccc2F)n[nH]c1=S. The number of nitrogens with one attached hydrogen (secondary N) is 1. The van der Waals surface area contributed by atoms with Gasteiger partial charge in [-0.05, 0) is 36.8 Å². The number of aromatic nitrogens is 3. The first kappa shape index (κ1) is 11.9. The lowest BCUT2D eigenvalue weighted by atomic mass is 10.2. The number of rotatable bonds is 3. The highest BCUT2D eigenvalue weighted by Gasteiger charge is 2.13. The summed E-state index contributed by atoms with van der Waals surface area (Å²) >= 11 is 5.04. The maximum absolute atomic E-state index is 13.6. The van der Waals surface area contributed by atoms with Crippen LogP contribution in [0.4, 0.5) is 8.78 Å². The highest BCUT2D eigenvalue weighted by atomic mass is 32.1. The Labute approximate surface area is 102 Å². The quantitative estimate of drug-likeness (QED) is 0.854. The number of hydrogen-bond donors (Lipinski definition) is 1. The van der Waals surface area contributed by atoms with Crippen LogP contribution < -0.4 is 0 Å². The molecule has 17 heavy (non-hydrogen) atoms. The van der Waals surface area contributed by atoms with Crippen LogP contribution in [-0.2, 0) is 6.54 Å². The molecule has 1 aromatic heterocycles. The van der Waals surface area contributed by atoms with E-state index in [1.54, 1.807) is 4.57 Å². The molecule has 0 fully saturated rings. The van der Waals surface area contributed by atoms with Gasteiger partial charge in [0.1, 0.15) is 11.6 Å². The van der Waals surface area contributed by atoms with E-state index in [1.807, 2.05) is 6.92 Å². The summed E-state index contributed by atoms with van der Waals surface area (Å²) in [4.78, 5) is 0. The Morgan fingerprint density at radius 2 is 2.18 bits per heavy atom. The van der Waals surface area contributed by atoms with Gasteiger partial charge in [0.05, 0.1) is 5.56 Å². The summed E-state index contributed by atoms with van der Waals surface area (Å²) in [5.74, 6) is -0.690. The van der Waals surface area contributed by atoms with Gasteiger partial charge in [0.15, 0.2) is 10.6 Å². The second kappa shape index (κ2) is 4.75. The van der Waals surface area contributed by atoms with E-state index < -0.39 is 11.6 Å². The molecule has 2 aromatic rings. The van der Waals surface area contributed by atoms with Crippen LogP contribution in [0, 0.1) is 16.4 Å². The Hall–Kier alpha value is -1.56. The molecule has 1 aromatic carbocycles. The van der Waals surface area contributed by atoms with Gasteiger partial charge in [-0.3, -0.25) is 5.10 Å². The predicted molar refractivity (Wildman–Crippen MR) is 63.1 cm³/mol. The highest BCUT2D eigenvalue weighted by molar-refractivity contribution is 7.71. The van der Waals surface area contributed by atoms with Crippen LogP contribution in [0.25, 0.3) is 11.4 Å². The molecule has 0 spiro atoms. The van der Waals surface area contributed by atoms with Crippen LogP contribution in [0.5, 0.6) is 0 Å². The van der Waals surface area contributed by atoms with Gasteiger partial charge in [-0.1, -0.05) is 6.92 Å². The molecule has 6 heteroatoms. The van der Waals surface area contributed by atoms with Crippen LogP contribution in [-0.4, -0.2) is 14.8 Å². The molecule has 1 heterocycles. The summed E-state index contributed by atoms with van der Waals surface area (Å²) in [5, 5.41) is 6.54. The molecule has 0 aliphatic carbocycles. The van der Waals surface area contributed by atoms with Gasteiger partial charge in [0.25, 0.3) is 0 Å². The van der Waals surface area contributed by atoms with Crippen molar-refractivity contribution in [3.63, 3.8) is 0 Å². The summed E-state index contributed by atoms with van der Waals surface area (Å²) in [5.41, 5.74) is 0.116. The zero-order chi connectivity index (χ0) is 12.4. The van der Waals surface area contributed by atoms with Crippen molar-refractivity contribution in [3.8, 4) is 11.4 Å². The van der Waals surface area contributed by atoms with Gasteiger partial charge >= 0.3 is 0 Å². The molecule has 0 unspecified atom stereocenters. The summed E-state index contributed by atoms with van der Waals surface area (Å²) in [7, 11) is 0. The largest absolute Gasteiger partial charge is 0.300 e. The fourth-order valence-corrected chi connectivity index (χ4v) is 1.85. The fraction of sp³-hybridized carbons (Fsp3) is 0.273. The molecule has 90 valence electrons. The van der Waals surface area contributed by atoms with E-state index in [9.17, 15) is 8.78 Å². The molecule has 1 N–H and O–H groups in total. The van der Waals surface area contributed by atoms with Crippen LogP contribution in [0.2, 0.25) is 0 Å². The molecule has 2 rings (SSSR count). The average Bonchev–Trinajstić information content (AvgIpc) is 2.65.